The molecule has 2 heterocycles. The molecule has 0 saturated carbocycles. The van der Waals surface area contributed by atoms with Crippen LogP contribution in [-0.2, 0) is 9.59 Å². The van der Waals surface area contributed by atoms with Crippen molar-refractivity contribution in [3.05, 3.63) is 0 Å². The zero-order chi connectivity index (χ0) is 18.0. The number of carboxylic acid groups (broad SMARTS) is 1. The second-order valence-corrected chi connectivity index (χ2v) is 6.36. The van der Waals surface area contributed by atoms with Gasteiger partial charge in [-0.25, -0.2) is 0 Å². The van der Waals surface area contributed by atoms with Crippen molar-refractivity contribution in [1.29, 1.82) is 0 Å². The zero-order valence-electron chi connectivity index (χ0n) is 13.9. The Kier molecular flexibility index (Phi) is 9.10. The number of alkyl halides is 3. The smallest absolute Gasteiger partial charge is 0.389 e. The third-order valence-corrected chi connectivity index (χ3v) is 4.70. The van der Waals surface area contributed by atoms with Crippen LogP contribution in [-0.4, -0.2) is 54.2 Å². The van der Waals surface area contributed by atoms with Gasteiger partial charge in [-0.3, -0.25) is 9.59 Å². The van der Waals surface area contributed by atoms with Crippen LogP contribution < -0.4 is 5.32 Å². The average Bonchev–Trinajstić information content (AvgIpc) is 2.53. The van der Waals surface area contributed by atoms with Crippen LogP contribution >= 0.6 is 0 Å². The molecule has 5 nitrogen and oxygen atoms in total. The molecular formula is C16H27F3N2O3. The van der Waals surface area contributed by atoms with E-state index in [0.29, 0.717) is 18.5 Å². The molecule has 2 atom stereocenters. The number of rotatable bonds is 5. The Morgan fingerprint density at radius 1 is 1.21 bits per heavy atom. The molecule has 2 rings (SSSR count). The molecule has 2 aliphatic heterocycles. The van der Waals surface area contributed by atoms with Crippen molar-refractivity contribution in [3.8, 4) is 0 Å². The molecule has 0 unspecified atom stereocenters. The quantitative estimate of drug-likeness (QED) is 0.747. The van der Waals surface area contributed by atoms with Gasteiger partial charge in [0.15, 0.2) is 0 Å². The van der Waals surface area contributed by atoms with Crippen molar-refractivity contribution in [2.45, 2.75) is 63.6 Å². The van der Waals surface area contributed by atoms with Crippen molar-refractivity contribution in [2.75, 3.05) is 19.6 Å². The Morgan fingerprint density at radius 2 is 1.88 bits per heavy atom. The van der Waals surface area contributed by atoms with Crippen LogP contribution in [0.1, 0.15) is 51.4 Å². The first-order chi connectivity index (χ1) is 11.4. The Labute approximate surface area is 140 Å². The van der Waals surface area contributed by atoms with Crippen LogP contribution in [0.4, 0.5) is 13.2 Å². The van der Waals surface area contributed by atoms with Gasteiger partial charge in [-0.1, -0.05) is 6.42 Å². The van der Waals surface area contributed by atoms with Gasteiger partial charge in [0, 0.05) is 19.0 Å². The molecule has 0 aromatic rings. The van der Waals surface area contributed by atoms with Crippen molar-refractivity contribution in [1.82, 2.24) is 10.2 Å². The first-order valence-corrected chi connectivity index (χ1v) is 8.52. The molecule has 2 aliphatic rings. The van der Waals surface area contributed by atoms with E-state index in [1.54, 1.807) is 0 Å². The van der Waals surface area contributed by atoms with E-state index < -0.39 is 24.9 Å². The highest BCUT2D eigenvalue weighted by molar-refractivity contribution is 5.75. The fourth-order valence-electron chi connectivity index (χ4n) is 3.65. The van der Waals surface area contributed by atoms with Crippen molar-refractivity contribution in [3.63, 3.8) is 0 Å². The summed E-state index contributed by atoms with van der Waals surface area (Å²) in [6.45, 7) is 2.61. The Morgan fingerprint density at radius 3 is 2.54 bits per heavy atom. The van der Waals surface area contributed by atoms with Gasteiger partial charge in [0.2, 0.25) is 5.91 Å². The van der Waals surface area contributed by atoms with E-state index in [1.165, 1.54) is 45.2 Å². The van der Waals surface area contributed by atoms with E-state index in [-0.39, 0.29) is 6.47 Å². The van der Waals surface area contributed by atoms with Gasteiger partial charge < -0.3 is 15.3 Å². The SMILES string of the molecule is O=C(CCC(F)(F)F)NCC[C@@H]1CCCN2CCCC[C@H]12.O=CO. The van der Waals surface area contributed by atoms with Crippen LogP contribution in [0.3, 0.4) is 0 Å². The molecule has 0 aliphatic carbocycles. The predicted molar refractivity (Wildman–Crippen MR) is 83.5 cm³/mol. The van der Waals surface area contributed by atoms with Crippen molar-refractivity contribution in [2.24, 2.45) is 5.92 Å². The molecule has 140 valence electrons. The fourth-order valence-corrected chi connectivity index (χ4v) is 3.65. The second kappa shape index (κ2) is 10.5. The third kappa shape index (κ3) is 7.99. The van der Waals surface area contributed by atoms with Crippen molar-refractivity contribution < 1.29 is 27.9 Å². The zero-order valence-corrected chi connectivity index (χ0v) is 13.9. The number of amides is 1. The maximum atomic E-state index is 12.0. The standard InChI is InChI=1S/C15H25F3N2O.CH2O2/c16-15(17,18)8-6-14(21)19-9-7-12-4-3-11-20-10-2-1-5-13(12)20;2-1-3/h12-13H,1-11H2,(H,19,21);1H,(H,2,3)/t12-,13+;/m0./s1. The summed E-state index contributed by atoms with van der Waals surface area (Å²) < 4.78 is 36.1. The highest BCUT2D eigenvalue weighted by atomic mass is 19.4. The minimum Gasteiger partial charge on any atom is -0.483 e. The summed E-state index contributed by atoms with van der Waals surface area (Å²) in [4.78, 5) is 22.3. The van der Waals surface area contributed by atoms with Gasteiger partial charge in [-0.2, -0.15) is 13.2 Å². The van der Waals surface area contributed by atoms with Gasteiger partial charge in [-0.05, 0) is 51.1 Å². The molecule has 2 saturated heterocycles. The number of carbonyl (C=O) groups excluding carboxylic acids is 1. The van der Waals surface area contributed by atoms with E-state index in [9.17, 15) is 18.0 Å². The first kappa shape index (κ1) is 20.7. The molecule has 0 aromatic carbocycles. The summed E-state index contributed by atoms with van der Waals surface area (Å²) in [5.74, 6) is 0.102. The van der Waals surface area contributed by atoms with Crippen LogP contribution in [0.2, 0.25) is 0 Å². The van der Waals surface area contributed by atoms with E-state index in [4.69, 9.17) is 9.90 Å². The Bertz CT molecular complexity index is 389. The molecule has 0 aromatic heterocycles. The average molecular weight is 352 g/mol. The monoisotopic (exact) mass is 352 g/mol. The number of hydrogen-bond donors (Lipinski definition) is 2. The van der Waals surface area contributed by atoms with E-state index in [0.717, 1.165) is 6.42 Å². The highest BCUT2D eigenvalue weighted by Gasteiger charge is 2.32. The summed E-state index contributed by atoms with van der Waals surface area (Å²) >= 11 is 0. The molecule has 2 fully saturated rings. The lowest BCUT2D eigenvalue weighted by Gasteiger charge is -2.44. The van der Waals surface area contributed by atoms with E-state index >= 15 is 0 Å². The Hall–Kier alpha value is -1.31. The summed E-state index contributed by atoms with van der Waals surface area (Å²) in [5.41, 5.74) is 0. The number of nitrogens with zero attached hydrogens (tertiary/aromatic N) is 1. The maximum Gasteiger partial charge on any atom is 0.389 e. The molecule has 0 radical (unpaired) electrons. The number of halogens is 3. The second-order valence-electron chi connectivity index (χ2n) is 6.36. The topological polar surface area (TPSA) is 69.6 Å². The predicted octanol–water partition coefficient (Wildman–Crippen LogP) is 2.80. The lowest BCUT2D eigenvalue weighted by Crippen LogP contribution is -2.48. The highest BCUT2D eigenvalue weighted by Crippen LogP contribution is 2.32. The fraction of sp³-hybridized carbons (Fsp3) is 0.875. The number of fused-ring (bicyclic) bond motifs is 1. The van der Waals surface area contributed by atoms with Gasteiger partial charge in [0.1, 0.15) is 0 Å². The molecule has 8 heteroatoms. The third-order valence-electron chi connectivity index (χ3n) is 4.70. The van der Waals surface area contributed by atoms with E-state index in [2.05, 4.69) is 10.2 Å². The molecule has 2 N–H and O–H groups in total. The van der Waals surface area contributed by atoms with Crippen LogP contribution in [0, 0.1) is 5.92 Å². The summed E-state index contributed by atoms with van der Waals surface area (Å²) in [7, 11) is 0. The molecule has 24 heavy (non-hydrogen) atoms. The largest absolute Gasteiger partial charge is 0.483 e. The first-order valence-electron chi connectivity index (χ1n) is 8.52. The van der Waals surface area contributed by atoms with Crippen LogP contribution in [0.5, 0.6) is 0 Å². The summed E-state index contributed by atoms with van der Waals surface area (Å²) in [6.07, 6.45) is 1.31. The normalized spacial score (nSPS) is 24.3. The summed E-state index contributed by atoms with van der Waals surface area (Å²) in [5, 5.41) is 9.53. The van der Waals surface area contributed by atoms with Gasteiger partial charge in [0.25, 0.3) is 6.47 Å². The number of carbonyl (C=O) groups is 2. The van der Waals surface area contributed by atoms with Crippen molar-refractivity contribution >= 4 is 12.4 Å². The molecule has 1 amide bonds. The van der Waals surface area contributed by atoms with Gasteiger partial charge in [-0.15, -0.1) is 0 Å². The number of hydrogen-bond acceptors (Lipinski definition) is 3. The lowest BCUT2D eigenvalue weighted by molar-refractivity contribution is -0.144. The maximum absolute atomic E-state index is 12.0. The van der Waals surface area contributed by atoms with Gasteiger partial charge >= 0.3 is 6.18 Å². The molecule has 0 spiro atoms. The molecular weight excluding hydrogens is 325 g/mol. The van der Waals surface area contributed by atoms with Gasteiger partial charge in [0.05, 0.1) is 6.42 Å². The van der Waals surface area contributed by atoms with Crippen LogP contribution in [0.15, 0.2) is 0 Å². The molecule has 0 bridgehead atoms. The number of nitrogens with one attached hydrogen (secondary N) is 1. The lowest BCUT2D eigenvalue weighted by atomic mass is 9.82. The minimum absolute atomic E-state index is 0.250. The van der Waals surface area contributed by atoms with E-state index in [1.807, 2.05) is 0 Å². The number of piperidine rings is 2. The van der Waals surface area contributed by atoms with Crippen LogP contribution in [0.25, 0.3) is 0 Å². The minimum atomic E-state index is -4.25. The summed E-state index contributed by atoms with van der Waals surface area (Å²) in [6, 6.07) is 0.625. The Balaban J connectivity index is 0.000000891.